The maximum absolute atomic E-state index is 4.19. The topological polar surface area (TPSA) is 29.9 Å². The number of benzene rings is 1. The lowest BCUT2D eigenvalue weighted by Gasteiger charge is -2.30. The molecule has 0 bridgehead atoms. The molecular formula is C16H21N3. The van der Waals surface area contributed by atoms with Crippen molar-refractivity contribution in [2.24, 2.45) is 0 Å². The second kappa shape index (κ2) is 5.85. The maximum Gasteiger partial charge on any atom is 0.0538 e. The Morgan fingerprint density at radius 1 is 1.37 bits per heavy atom. The summed E-state index contributed by atoms with van der Waals surface area (Å²) in [5.74, 6) is 0. The highest BCUT2D eigenvalue weighted by atomic mass is 15.2. The fourth-order valence-corrected chi connectivity index (χ4v) is 2.10. The van der Waals surface area contributed by atoms with Crippen LogP contribution in [0.1, 0.15) is 31.4 Å². The molecule has 3 nitrogen and oxygen atoms in total. The third kappa shape index (κ3) is 3.12. The molecule has 0 aliphatic heterocycles. The highest BCUT2D eigenvalue weighted by Gasteiger charge is 2.23. The average molecular weight is 255 g/mol. The fraction of sp³-hybridized carbons (Fsp3) is 0.312. The van der Waals surface area contributed by atoms with Crippen LogP contribution in [0.25, 0.3) is 6.20 Å². The lowest BCUT2D eigenvalue weighted by molar-refractivity contribution is 0.351. The van der Waals surface area contributed by atoms with Crippen molar-refractivity contribution >= 4 is 6.20 Å². The molecule has 1 N–H and O–H groups in total. The first-order chi connectivity index (χ1) is 9.18. The number of rotatable bonds is 6. The van der Waals surface area contributed by atoms with Gasteiger partial charge in [0.15, 0.2) is 0 Å². The quantitative estimate of drug-likeness (QED) is 0.857. The minimum absolute atomic E-state index is 0.0163. The molecule has 0 spiro atoms. The molecule has 0 fully saturated rings. The summed E-state index contributed by atoms with van der Waals surface area (Å²) < 4.78 is 1.73. The molecule has 1 heterocycles. The molecular weight excluding hydrogens is 234 g/mol. The first kappa shape index (κ1) is 13.6. The summed E-state index contributed by atoms with van der Waals surface area (Å²) in [6.45, 7) is 8.93. The number of nitrogens with one attached hydrogen (secondary N) is 1. The largest absolute Gasteiger partial charge is 0.303 e. The van der Waals surface area contributed by atoms with Crippen LogP contribution >= 0.6 is 0 Å². The van der Waals surface area contributed by atoms with Crippen LogP contribution in [0.15, 0.2) is 49.3 Å². The zero-order chi connectivity index (χ0) is 13.7. The van der Waals surface area contributed by atoms with Gasteiger partial charge in [-0.2, -0.15) is 5.10 Å². The Bertz CT molecular complexity index is 530. The van der Waals surface area contributed by atoms with Gasteiger partial charge in [0.2, 0.25) is 0 Å². The third-order valence-electron chi connectivity index (χ3n) is 3.64. The van der Waals surface area contributed by atoms with Crippen molar-refractivity contribution in [3.8, 4) is 0 Å². The van der Waals surface area contributed by atoms with Crippen molar-refractivity contribution < 1.29 is 0 Å². The highest BCUT2D eigenvalue weighted by Crippen LogP contribution is 2.24. The Hall–Kier alpha value is -1.87. The van der Waals surface area contributed by atoms with E-state index in [1.165, 1.54) is 5.56 Å². The zero-order valence-corrected chi connectivity index (χ0v) is 11.6. The Kier molecular flexibility index (Phi) is 4.17. The molecule has 0 amide bonds. The minimum Gasteiger partial charge on any atom is -0.303 e. The van der Waals surface area contributed by atoms with Gasteiger partial charge in [-0.15, -0.1) is 0 Å². The van der Waals surface area contributed by atoms with Gasteiger partial charge in [0.05, 0.1) is 6.20 Å². The van der Waals surface area contributed by atoms with Crippen molar-refractivity contribution in [3.63, 3.8) is 0 Å². The summed E-state index contributed by atoms with van der Waals surface area (Å²) in [6.07, 6.45) is 6.59. The average Bonchev–Trinajstić information content (AvgIpc) is 2.94. The lowest BCUT2D eigenvalue weighted by atomic mass is 9.89. The highest BCUT2D eigenvalue weighted by molar-refractivity contribution is 5.24. The number of nitrogens with zero attached hydrogens (tertiary/aromatic N) is 2. The van der Waals surface area contributed by atoms with E-state index < -0.39 is 0 Å². The molecule has 1 atom stereocenters. The molecule has 0 aliphatic carbocycles. The SMILES string of the molecule is C=Cn1cc(CNC(C)(CC)c2ccccc2)cn1. The second-order valence-corrected chi connectivity index (χ2v) is 4.92. The monoisotopic (exact) mass is 255 g/mol. The second-order valence-electron chi connectivity index (χ2n) is 4.92. The third-order valence-corrected chi connectivity index (χ3v) is 3.64. The van der Waals surface area contributed by atoms with Crippen LogP contribution in [0.2, 0.25) is 0 Å². The van der Waals surface area contributed by atoms with Crippen molar-refractivity contribution in [2.75, 3.05) is 0 Å². The first-order valence-electron chi connectivity index (χ1n) is 6.64. The van der Waals surface area contributed by atoms with E-state index in [1.807, 2.05) is 18.5 Å². The Labute approximate surface area is 115 Å². The van der Waals surface area contributed by atoms with Gasteiger partial charge in [-0.25, -0.2) is 4.68 Å². The summed E-state index contributed by atoms with van der Waals surface area (Å²) in [5, 5.41) is 7.82. The molecule has 1 aromatic heterocycles. The van der Waals surface area contributed by atoms with Crippen LogP contribution in [-0.4, -0.2) is 9.78 Å². The first-order valence-corrected chi connectivity index (χ1v) is 6.64. The molecule has 3 heteroatoms. The summed E-state index contributed by atoms with van der Waals surface area (Å²) in [4.78, 5) is 0. The van der Waals surface area contributed by atoms with Crippen LogP contribution in [0.4, 0.5) is 0 Å². The summed E-state index contributed by atoms with van der Waals surface area (Å²) in [5.41, 5.74) is 2.46. The summed E-state index contributed by atoms with van der Waals surface area (Å²) >= 11 is 0. The molecule has 1 unspecified atom stereocenters. The number of hydrogen-bond acceptors (Lipinski definition) is 2. The fourth-order valence-electron chi connectivity index (χ4n) is 2.10. The van der Waals surface area contributed by atoms with Crippen molar-refractivity contribution in [3.05, 3.63) is 60.4 Å². The van der Waals surface area contributed by atoms with Crippen molar-refractivity contribution in [1.29, 1.82) is 0 Å². The number of hydrogen-bond donors (Lipinski definition) is 1. The standard InChI is InChI=1S/C16H21N3/c1-4-16(3,15-9-7-6-8-10-15)17-11-14-12-18-19(5-2)13-14/h5-10,12-13,17H,2,4,11H2,1,3H3. The van der Waals surface area contributed by atoms with Crippen molar-refractivity contribution in [1.82, 2.24) is 15.1 Å². The molecule has 0 aliphatic rings. The van der Waals surface area contributed by atoms with Crippen molar-refractivity contribution in [2.45, 2.75) is 32.4 Å². The number of aromatic nitrogens is 2. The van der Waals surface area contributed by atoms with Gasteiger partial charge in [-0.3, -0.25) is 0 Å². The van der Waals surface area contributed by atoms with Gasteiger partial charge in [0.25, 0.3) is 0 Å². The predicted molar refractivity (Wildman–Crippen MR) is 79.5 cm³/mol. The van der Waals surface area contributed by atoms with E-state index in [0.29, 0.717) is 0 Å². The molecule has 0 radical (unpaired) electrons. The Morgan fingerprint density at radius 2 is 2.11 bits per heavy atom. The molecule has 1 aromatic carbocycles. The van der Waals surface area contributed by atoms with Crippen LogP contribution in [0.5, 0.6) is 0 Å². The Morgan fingerprint density at radius 3 is 2.68 bits per heavy atom. The molecule has 2 aromatic rings. The Balaban J connectivity index is 2.08. The van der Waals surface area contributed by atoms with E-state index in [4.69, 9.17) is 0 Å². The van der Waals surface area contributed by atoms with Gasteiger partial charge in [0, 0.05) is 30.0 Å². The van der Waals surface area contributed by atoms with Gasteiger partial charge in [-0.1, -0.05) is 43.8 Å². The normalized spacial score (nSPS) is 14.0. The van der Waals surface area contributed by atoms with Crippen LogP contribution in [0.3, 0.4) is 0 Å². The van der Waals surface area contributed by atoms with E-state index in [9.17, 15) is 0 Å². The summed E-state index contributed by atoms with van der Waals surface area (Å²) in [6, 6.07) is 10.6. The van der Waals surface area contributed by atoms with Crippen LogP contribution in [-0.2, 0) is 12.1 Å². The van der Waals surface area contributed by atoms with Gasteiger partial charge >= 0.3 is 0 Å². The maximum atomic E-state index is 4.19. The smallest absolute Gasteiger partial charge is 0.0538 e. The van der Waals surface area contributed by atoms with Gasteiger partial charge in [-0.05, 0) is 18.9 Å². The van der Waals surface area contributed by atoms with E-state index in [1.54, 1.807) is 10.9 Å². The molecule has 19 heavy (non-hydrogen) atoms. The summed E-state index contributed by atoms with van der Waals surface area (Å²) in [7, 11) is 0. The van der Waals surface area contributed by atoms with E-state index >= 15 is 0 Å². The molecule has 100 valence electrons. The zero-order valence-electron chi connectivity index (χ0n) is 11.6. The van der Waals surface area contributed by atoms with E-state index in [2.05, 4.69) is 55.1 Å². The van der Waals surface area contributed by atoms with E-state index in [-0.39, 0.29) is 5.54 Å². The molecule has 0 saturated carbocycles. The molecule has 2 rings (SSSR count). The predicted octanol–water partition coefficient (Wildman–Crippen LogP) is 3.40. The van der Waals surface area contributed by atoms with Crippen LogP contribution in [0, 0.1) is 0 Å². The minimum atomic E-state index is -0.0163. The lowest BCUT2D eigenvalue weighted by Crippen LogP contribution is -2.38. The van der Waals surface area contributed by atoms with Crippen LogP contribution < -0.4 is 5.32 Å². The molecule has 0 saturated heterocycles. The van der Waals surface area contributed by atoms with Gasteiger partial charge in [0.1, 0.15) is 0 Å². The van der Waals surface area contributed by atoms with E-state index in [0.717, 1.165) is 18.5 Å². The van der Waals surface area contributed by atoms with Gasteiger partial charge < -0.3 is 5.32 Å².